The highest BCUT2D eigenvalue weighted by Gasteiger charge is 2.20. The van der Waals surface area contributed by atoms with Crippen molar-refractivity contribution in [2.24, 2.45) is 0 Å². The van der Waals surface area contributed by atoms with Gasteiger partial charge in [-0.05, 0) is 19.8 Å². The Morgan fingerprint density at radius 2 is 2.25 bits per heavy atom. The van der Waals surface area contributed by atoms with Crippen molar-refractivity contribution in [1.82, 2.24) is 20.0 Å². The smallest absolute Gasteiger partial charge is 0.217 e. The van der Waals surface area contributed by atoms with Gasteiger partial charge in [0.15, 0.2) is 0 Å². The van der Waals surface area contributed by atoms with Crippen LogP contribution in [0.2, 0.25) is 0 Å². The fraction of sp³-hybridized carbons (Fsp3) is 0.600. The van der Waals surface area contributed by atoms with Gasteiger partial charge in [-0.3, -0.25) is 14.4 Å². The van der Waals surface area contributed by atoms with Crippen LogP contribution in [-0.2, 0) is 17.9 Å². The molecule has 1 aliphatic rings. The quantitative estimate of drug-likeness (QED) is 0.829. The van der Waals surface area contributed by atoms with E-state index in [0.29, 0.717) is 6.04 Å². The summed E-state index contributed by atoms with van der Waals surface area (Å²) in [5.74, 6) is 0.0741. The van der Waals surface area contributed by atoms with Crippen molar-refractivity contribution in [3.05, 3.63) is 30.1 Å². The minimum absolute atomic E-state index is 0.0741. The third-order valence-corrected chi connectivity index (χ3v) is 3.75. The van der Waals surface area contributed by atoms with Gasteiger partial charge >= 0.3 is 0 Å². The molecule has 0 saturated carbocycles. The molecular weight excluding hydrogens is 252 g/mol. The lowest BCUT2D eigenvalue weighted by Gasteiger charge is -2.32. The van der Waals surface area contributed by atoms with Crippen molar-refractivity contribution in [2.45, 2.75) is 45.8 Å². The summed E-state index contributed by atoms with van der Waals surface area (Å²) in [5, 5.41) is 7.49. The molecule has 110 valence electrons. The summed E-state index contributed by atoms with van der Waals surface area (Å²) in [6, 6.07) is 0.341. The Morgan fingerprint density at radius 3 is 2.85 bits per heavy atom. The lowest BCUT2D eigenvalue weighted by atomic mass is 10.0. The number of carbonyl (C=O) groups is 1. The molecule has 0 aliphatic carbocycles. The van der Waals surface area contributed by atoms with Gasteiger partial charge in [0.1, 0.15) is 0 Å². The Balaban J connectivity index is 1.86. The van der Waals surface area contributed by atoms with Crippen LogP contribution in [0.1, 0.15) is 31.0 Å². The van der Waals surface area contributed by atoms with Crippen molar-refractivity contribution in [3.8, 4) is 0 Å². The first kappa shape index (κ1) is 14.8. The average Bonchev–Trinajstić information content (AvgIpc) is 2.72. The first-order chi connectivity index (χ1) is 9.58. The van der Waals surface area contributed by atoms with Gasteiger partial charge in [-0.15, -0.1) is 6.58 Å². The molecule has 1 amide bonds. The number of nitrogens with one attached hydrogen (secondary N) is 1. The summed E-state index contributed by atoms with van der Waals surface area (Å²) < 4.78 is 1.93. The SMILES string of the molecule is C=CCn1cc(CN2CCC(NC(C)=O)CC2)c(C)n1. The van der Waals surface area contributed by atoms with Crippen molar-refractivity contribution in [1.29, 1.82) is 0 Å². The van der Waals surface area contributed by atoms with Crippen LogP contribution in [0.15, 0.2) is 18.9 Å². The number of piperidine rings is 1. The maximum Gasteiger partial charge on any atom is 0.217 e. The standard InChI is InChI=1S/C15H24N4O/c1-4-7-19-11-14(12(2)17-19)10-18-8-5-15(6-9-18)16-13(3)20/h4,11,15H,1,5-10H2,2-3H3,(H,16,20). The second kappa shape index (κ2) is 6.70. The number of likely N-dealkylation sites (tertiary alicyclic amines) is 1. The Hall–Kier alpha value is -1.62. The van der Waals surface area contributed by atoms with Gasteiger partial charge in [0.25, 0.3) is 0 Å². The van der Waals surface area contributed by atoms with E-state index in [1.807, 2.05) is 10.8 Å². The van der Waals surface area contributed by atoms with E-state index in [0.717, 1.165) is 44.7 Å². The highest BCUT2D eigenvalue weighted by molar-refractivity contribution is 5.73. The minimum Gasteiger partial charge on any atom is -0.354 e. The van der Waals surface area contributed by atoms with Crippen molar-refractivity contribution in [3.63, 3.8) is 0 Å². The highest BCUT2D eigenvalue weighted by Crippen LogP contribution is 2.15. The molecule has 0 bridgehead atoms. The second-order valence-corrected chi connectivity index (χ2v) is 5.50. The zero-order valence-corrected chi connectivity index (χ0v) is 12.4. The van der Waals surface area contributed by atoms with Crippen LogP contribution in [0, 0.1) is 6.92 Å². The third kappa shape index (κ3) is 3.93. The van der Waals surface area contributed by atoms with E-state index in [1.54, 1.807) is 6.92 Å². The number of hydrogen-bond donors (Lipinski definition) is 1. The van der Waals surface area contributed by atoms with Gasteiger partial charge in [-0.1, -0.05) is 6.08 Å². The van der Waals surface area contributed by atoms with E-state index in [4.69, 9.17) is 0 Å². The molecule has 1 aromatic heterocycles. The number of aryl methyl sites for hydroxylation is 1. The van der Waals surface area contributed by atoms with E-state index in [1.165, 1.54) is 5.56 Å². The second-order valence-electron chi connectivity index (χ2n) is 5.50. The molecule has 2 rings (SSSR count). The molecular formula is C15H24N4O. The number of hydrogen-bond acceptors (Lipinski definition) is 3. The zero-order chi connectivity index (χ0) is 14.5. The van der Waals surface area contributed by atoms with E-state index in [2.05, 4.69) is 35.0 Å². The van der Waals surface area contributed by atoms with Crippen LogP contribution in [0.5, 0.6) is 0 Å². The van der Waals surface area contributed by atoms with Crippen LogP contribution < -0.4 is 5.32 Å². The molecule has 0 unspecified atom stereocenters. The van der Waals surface area contributed by atoms with Gasteiger partial charge < -0.3 is 5.32 Å². The third-order valence-electron chi connectivity index (χ3n) is 3.75. The summed E-state index contributed by atoms with van der Waals surface area (Å²) in [4.78, 5) is 13.5. The van der Waals surface area contributed by atoms with Crippen LogP contribution >= 0.6 is 0 Å². The topological polar surface area (TPSA) is 50.2 Å². The molecule has 0 atom stereocenters. The van der Waals surface area contributed by atoms with Gasteiger partial charge in [0, 0.05) is 44.4 Å². The summed E-state index contributed by atoms with van der Waals surface area (Å²) in [6.07, 6.45) is 6.02. The van der Waals surface area contributed by atoms with E-state index in [-0.39, 0.29) is 5.91 Å². The molecule has 1 saturated heterocycles. The summed E-state index contributed by atoms with van der Waals surface area (Å²) in [5.41, 5.74) is 2.38. The van der Waals surface area contributed by atoms with Gasteiger partial charge in [-0.2, -0.15) is 5.10 Å². The molecule has 1 aliphatic heterocycles. The summed E-state index contributed by atoms with van der Waals surface area (Å²) in [6.45, 7) is 11.1. The van der Waals surface area contributed by atoms with E-state index >= 15 is 0 Å². The number of amides is 1. The first-order valence-corrected chi connectivity index (χ1v) is 7.21. The summed E-state index contributed by atoms with van der Waals surface area (Å²) >= 11 is 0. The van der Waals surface area contributed by atoms with Crippen molar-refractivity contribution in [2.75, 3.05) is 13.1 Å². The zero-order valence-electron chi connectivity index (χ0n) is 12.4. The van der Waals surface area contributed by atoms with Crippen molar-refractivity contribution < 1.29 is 4.79 Å². The predicted octanol–water partition coefficient (Wildman–Crippen LogP) is 1.48. The monoisotopic (exact) mass is 276 g/mol. The molecule has 5 nitrogen and oxygen atoms in total. The number of nitrogens with zero attached hydrogens (tertiary/aromatic N) is 3. The Bertz CT molecular complexity index is 472. The number of allylic oxidation sites excluding steroid dienone is 1. The normalized spacial score (nSPS) is 17.1. The fourth-order valence-corrected chi connectivity index (χ4v) is 2.70. The van der Waals surface area contributed by atoms with Gasteiger partial charge in [0.05, 0.1) is 12.2 Å². The number of rotatable bonds is 5. The molecule has 0 radical (unpaired) electrons. The molecule has 2 heterocycles. The molecule has 0 spiro atoms. The van der Waals surface area contributed by atoms with E-state index in [9.17, 15) is 4.79 Å². The molecule has 1 N–H and O–H groups in total. The van der Waals surface area contributed by atoms with Crippen LogP contribution in [0.25, 0.3) is 0 Å². The highest BCUT2D eigenvalue weighted by atomic mass is 16.1. The lowest BCUT2D eigenvalue weighted by molar-refractivity contribution is -0.119. The maximum absolute atomic E-state index is 11.0. The molecule has 5 heteroatoms. The van der Waals surface area contributed by atoms with Crippen molar-refractivity contribution >= 4 is 5.91 Å². The molecule has 1 fully saturated rings. The largest absolute Gasteiger partial charge is 0.354 e. The number of aromatic nitrogens is 2. The molecule has 1 aromatic rings. The predicted molar refractivity (Wildman–Crippen MR) is 79.3 cm³/mol. The Labute approximate surface area is 120 Å². The summed E-state index contributed by atoms with van der Waals surface area (Å²) in [7, 11) is 0. The Morgan fingerprint density at radius 1 is 1.55 bits per heavy atom. The number of carbonyl (C=O) groups excluding carboxylic acids is 1. The van der Waals surface area contributed by atoms with Crippen LogP contribution in [-0.4, -0.2) is 39.7 Å². The van der Waals surface area contributed by atoms with Crippen LogP contribution in [0.3, 0.4) is 0 Å². The van der Waals surface area contributed by atoms with E-state index < -0.39 is 0 Å². The van der Waals surface area contributed by atoms with Gasteiger partial charge in [-0.25, -0.2) is 0 Å². The molecule has 20 heavy (non-hydrogen) atoms. The maximum atomic E-state index is 11.0. The van der Waals surface area contributed by atoms with Gasteiger partial charge in [0.2, 0.25) is 5.91 Å². The fourth-order valence-electron chi connectivity index (χ4n) is 2.70. The Kier molecular flexibility index (Phi) is 4.95. The van der Waals surface area contributed by atoms with Crippen LogP contribution in [0.4, 0.5) is 0 Å². The minimum atomic E-state index is 0.0741. The first-order valence-electron chi connectivity index (χ1n) is 7.21. The molecule has 0 aromatic carbocycles. The average molecular weight is 276 g/mol. The lowest BCUT2D eigenvalue weighted by Crippen LogP contribution is -2.43.